The average Bonchev–Trinajstić information content (AvgIpc) is 2.80. The maximum absolute atomic E-state index is 5.66. The first-order chi connectivity index (χ1) is 8.16. The molecule has 0 atom stereocenters. The number of nitrogens with one attached hydrogen (secondary N) is 1. The van der Waals surface area contributed by atoms with Gasteiger partial charge in [0.15, 0.2) is 5.95 Å². The zero-order valence-corrected chi connectivity index (χ0v) is 10.8. The van der Waals surface area contributed by atoms with Crippen LogP contribution >= 0.6 is 15.9 Å². The molecule has 3 aromatic rings. The average molecular weight is 291 g/mol. The summed E-state index contributed by atoms with van der Waals surface area (Å²) in [6.45, 7) is 0. The first-order valence-corrected chi connectivity index (χ1v) is 6.01. The zero-order chi connectivity index (χ0) is 12.0. The highest BCUT2D eigenvalue weighted by atomic mass is 79.9. The van der Waals surface area contributed by atoms with Gasteiger partial charge in [-0.15, -0.1) is 0 Å². The quantitative estimate of drug-likeness (QED) is 0.724. The van der Waals surface area contributed by atoms with Crippen LogP contribution in [-0.4, -0.2) is 14.5 Å². The molecule has 0 fully saturated rings. The van der Waals surface area contributed by atoms with Gasteiger partial charge in [0, 0.05) is 29.7 Å². The minimum atomic E-state index is 0.416. The Morgan fingerprint density at radius 2 is 2.12 bits per heavy atom. The van der Waals surface area contributed by atoms with Gasteiger partial charge in [-0.2, -0.15) is 0 Å². The van der Waals surface area contributed by atoms with Gasteiger partial charge in [-0.3, -0.25) is 0 Å². The second-order valence-electron chi connectivity index (χ2n) is 3.96. The first kappa shape index (κ1) is 10.4. The van der Waals surface area contributed by atoms with Gasteiger partial charge in [-0.25, -0.2) is 4.98 Å². The Bertz CT molecular complexity index is 696. The molecule has 3 rings (SSSR count). The van der Waals surface area contributed by atoms with E-state index >= 15 is 0 Å². The fourth-order valence-corrected chi connectivity index (χ4v) is 2.58. The predicted octanol–water partition coefficient (Wildman–Crippen LogP) is 2.91. The van der Waals surface area contributed by atoms with Crippen LogP contribution in [0.3, 0.4) is 0 Å². The van der Waals surface area contributed by atoms with Crippen molar-refractivity contribution in [1.29, 1.82) is 0 Å². The van der Waals surface area contributed by atoms with E-state index in [9.17, 15) is 0 Å². The topological polar surface area (TPSA) is 59.6 Å². The van der Waals surface area contributed by atoms with E-state index in [1.165, 1.54) is 10.9 Å². The van der Waals surface area contributed by atoms with E-state index in [4.69, 9.17) is 5.73 Å². The highest BCUT2D eigenvalue weighted by Gasteiger charge is 2.14. The summed E-state index contributed by atoms with van der Waals surface area (Å²) < 4.78 is 2.90. The molecule has 0 saturated heterocycles. The smallest absolute Gasteiger partial charge is 0.198 e. The number of aryl methyl sites for hydroxylation is 1. The number of rotatable bonds is 1. The molecule has 0 aliphatic carbocycles. The molecule has 0 saturated carbocycles. The van der Waals surface area contributed by atoms with Gasteiger partial charge in [-0.1, -0.05) is 18.2 Å². The normalized spacial score (nSPS) is 11.2. The van der Waals surface area contributed by atoms with Gasteiger partial charge in [0.25, 0.3) is 0 Å². The summed E-state index contributed by atoms with van der Waals surface area (Å²) in [5.74, 6) is 0.416. The Morgan fingerprint density at radius 1 is 1.35 bits per heavy atom. The predicted molar refractivity (Wildman–Crippen MR) is 72.6 cm³/mol. The van der Waals surface area contributed by atoms with Crippen molar-refractivity contribution in [3.05, 3.63) is 35.1 Å². The third kappa shape index (κ3) is 1.54. The van der Waals surface area contributed by atoms with Crippen LogP contribution in [0.5, 0.6) is 0 Å². The lowest BCUT2D eigenvalue weighted by Gasteiger charge is -1.94. The molecule has 2 heterocycles. The van der Waals surface area contributed by atoms with Crippen LogP contribution < -0.4 is 5.73 Å². The van der Waals surface area contributed by atoms with Crippen LogP contribution in [-0.2, 0) is 7.05 Å². The molecule has 0 bridgehead atoms. The highest BCUT2D eigenvalue weighted by molar-refractivity contribution is 9.10. The van der Waals surface area contributed by atoms with Crippen molar-refractivity contribution >= 4 is 32.8 Å². The molecule has 5 heteroatoms. The van der Waals surface area contributed by atoms with Crippen molar-refractivity contribution in [2.45, 2.75) is 0 Å². The molecule has 1 aromatic carbocycles. The number of nitrogens with two attached hydrogens (primary N) is 1. The van der Waals surface area contributed by atoms with Crippen LogP contribution in [0.25, 0.3) is 22.2 Å². The second kappa shape index (κ2) is 3.63. The monoisotopic (exact) mass is 290 g/mol. The SMILES string of the molecule is Cn1cc(-c2nc(N)[nH]c2Br)c2ccccc21. The molecule has 0 radical (unpaired) electrons. The summed E-state index contributed by atoms with van der Waals surface area (Å²) in [7, 11) is 2.02. The van der Waals surface area contributed by atoms with Crippen molar-refractivity contribution in [1.82, 2.24) is 14.5 Å². The second-order valence-corrected chi connectivity index (χ2v) is 4.75. The Kier molecular flexibility index (Phi) is 2.22. The standard InChI is InChI=1S/C12H11BrN4/c1-17-6-8(7-4-2-3-5-9(7)17)10-11(13)16-12(14)15-10/h2-6H,1H3,(H3,14,15,16). The van der Waals surface area contributed by atoms with Gasteiger partial charge in [-0.05, 0) is 22.0 Å². The molecule has 4 nitrogen and oxygen atoms in total. The van der Waals surface area contributed by atoms with Gasteiger partial charge >= 0.3 is 0 Å². The molecule has 0 unspecified atom stereocenters. The van der Waals surface area contributed by atoms with E-state index in [1.54, 1.807) is 0 Å². The summed E-state index contributed by atoms with van der Waals surface area (Å²) in [6.07, 6.45) is 2.06. The number of H-pyrrole nitrogens is 1. The lowest BCUT2D eigenvalue weighted by Crippen LogP contribution is -1.85. The minimum absolute atomic E-state index is 0.416. The fraction of sp³-hybridized carbons (Fsp3) is 0.0833. The number of halogens is 1. The molecule has 0 amide bonds. The maximum atomic E-state index is 5.66. The lowest BCUT2D eigenvalue weighted by molar-refractivity contribution is 0.969. The van der Waals surface area contributed by atoms with E-state index in [2.05, 4.69) is 48.8 Å². The van der Waals surface area contributed by atoms with E-state index in [0.29, 0.717) is 5.95 Å². The summed E-state index contributed by atoms with van der Waals surface area (Å²) in [5.41, 5.74) is 8.76. The number of hydrogen-bond donors (Lipinski definition) is 2. The molecular weight excluding hydrogens is 280 g/mol. The van der Waals surface area contributed by atoms with Gasteiger partial charge < -0.3 is 15.3 Å². The summed E-state index contributed by atoms with van der Waals surface area (Å²) >= 11 is 3.44. The van der Waals surface area contributed by atoms with Crippen LogP contribution in [0.15, 0.2) is 35.1 Å². The molecule has 3 N–H and O–H groups in total. The number of nitrogen functional groups attached to an aromatic ring is 1. The number of imidazole rings is 1. The van der Waals surface area contributed by atoms with Crippen LogP contribution in [0.4, 0.5) is 5.95 Å². The zero-order valence-electron chi connectivity index (χ0n) is 9.24. The molecule has 17 heavy (non-hydrogen) atoms. The number of aromatic nitrogens is 3. The molecule has 0 aliphatic heterocycles. The molecule has 0 aliphatic rings. The van der Waals surface area contributed by atoms with E-state index in [1.807, 2.05) is 19.2 Å². The van der Waals surface area contributed by atoms with Gasteiger partial charge in [0.1, 0.15) is 10.3 Å². The molecule has 2 aromatic heterocycles. The van der Waals surface area contributed by atoms with Crippen LogP contribution in [0, 0.1) is 0 Å². The van der Waals surface area contributed by atoms with Gasteiger partial charge in [0.05, 0.1) is 0 Å². The lowest BCUT2D eigenvalue weighted by atomic mass is 10.1. The summed E-state index contributed by atoms with van der Waals surface area (Å²) in [6, 6.07) is 8.22. The molecule has 86 valence electrons. The third-order valence-corrected chi connectivity index (χ3v) is 3.40. The summed E-state index contributed by atoms with van der Waals surface area (Å²) in [4.78, 5) is 7.26. The van der Waals surface area contributed by atoms with E-state index < -0.39 is 0 Å². The number of anilines is 1. The number of benzene rings is 1. The molecule has 0 spiro atoms. The van der Waals surface area contributed by atoms with Crippen molar-refractivity contribution in [2.24, 2.45) is 7.05 Å². The number of fused-ring (bicyclic) bond motifs is 1. The minimum Gasteiger partial charge on any atom is -0.369 e. The van der Waals surface area contributed by atoms with E-state index in [-0.39, 0.29) is 0 Å². The van der Waals surface area contributed by atoms with Crippen molar-refractivity contribution in [2.75, 3.05) is 5.73 Å². The Morgan fingerprint density at radius 3 is 2.82 bits per heavy atom. The van der Waals surface area contributed by atoms with Crippen molar-refractivity contribution in [3.63, 3.8) is 0 Å². The van der Waals surface area contributed by atoms with Crippen LogP contribution in [0.2, 0.25) is 0 Å². The molecular formula is C12H11BrN4. The van der Waals surface area contributed by atoms with Crippen molar-refractivity contribution in [3.8, 4) is 11.3 Å². The Hall–Kier alpha value is -1.75. The van der Waals surface area contributed by atoms with Crippen molar-refractivity contribution < 1.29 is 0 Å². The number of aromatic amines is 1. The Balaban J connectivity index is 2.34. The summed E-state index contributed by atoms with van der Waals surface area (Å²) in [5, 5.41) is 1.17. The third-order valence-electron chi connectivity index (χ3n) is 2.83. The van der Waals surface area contributed by atoms with Gasteiger partial charge in [0.2, 0.25) is 0 Å². The highest BCUT2D eigenvalue weighted by Crippen LogP contribution is 2.33. The largest absolute Gasteiger partial charge is 0.369 e. The first-order valence-electron chi connectivity index (χ1n) is 5.22. The van der Waals surface area contributed by atoms with E-state index in [0.717, 1.165) is 15.9 Å². The number of para-hydroxylation sites is 1. The number of hydrogen-bond acceptors (Lipinski definition) is 2. The maximum Gasteiger partial charge on any atom is 0.198 e. The fourth-order valence-electron chi connectivity index (χ4n) is 2.08. The Labute approximate surface area is 107 Å². The number of nitrogens with zero attached hydrogens (tertiary/aromatic N) is 2. The van der Waals surface area contributed by atoms with Crippen LogP contribution in [0.1, 0.15) is 0 Å².